The summed E-state index contributed by atoms with van der Waals surface area (Å²) in [6, 6.07) is 6.94. The number of hydrogen-bond donors (Lipinski definition) is 0. The Labute approximate surface area is 150 Å². The molecule has 0 aromatic carbocycles. The lowest BCUT2D eigenvalue weighted by Gasteiger charge is -2.34. The molecule has 0 saturated heterocycles. The van der Waals surface area contributed by atoms with Crippen LogP contribution in [-0.2, 0) is 19.4 Å². The summed E-state index contributed by atoms with van der Waals surface area (Å²) in [5.74, 6) is 2.09. The Kier molecular flexibility index (Phi) is 4.52. The Balaban J connectivity index is 1.59. The van der Waals surface area contributed by atoms with Crippen LogP contribution in [0.15, 0.2) is 33.5 Å². The van der Waals surface area contributed by atoms with Crippen molar-refractivity contribution in [2.75, 3.05) is 6.54 Å². The van der Waals surface area contributed by atoms with Gasteiger partial charge in [0.1, 0.15) is 0 Å². The molecule has 0 N–H and O–H groups in total. The fourth-order valence-electron chi connectivity index (χ4n) is 3.29. The van der Waals surface area contributed by atoms with Crippen molar-refractivity contribution in [1.29, 1.82) is 0 Å². The number of hydrogen-bond acceptors (Lipinski definition) is 6. The maximum Gasteiger partial charge on any atom is 0.240 e. The summed E-state index contributed by atoms with van der Waals surface area (Å²) in [5.41, 5.74) is 1.44. The molecule has 0 saturated carbocycles. The van der Waals surface area contributed by atoms with Gasteiger partial charge < -0.3 is 4.52 Å². The van der Waals surface area contributed by atoms with Crippen LogP contribution < -0.4 is 0 Å². The van der Waals surface area contributed by atoms with Crippen LogP contribution in [0.5, 0.6) is 0 Å². The van der Waals surface area contributed by atoms with Crippen LogP contribution in [0.25, 0.3) is 0 Å². The van der Waals surface area contributed by atoms with Crippen LogP contribution in [0.3, 0.4) is 0 Å². The molecule has 4 heterocycles. The zero-order valence-electron chi connectivity index (χ0n) is 13.9. The normalized spacial score (nSPS) is 18.2. The topological polar surface area (TPSA) is 42.2 Å². The smallest absolute Gasteiger partial charge is 0.240 e. The molecule has 3 aromatic heterocycles. The fraction of sp³-hybridized carbons (Fsp3) is 0.444. The largest absolute Gasteiger partial charge is 0.338 e. The lowest BCUT2D eigenvalue weighted by molar-refractivity contribution is 0.181. The van der Waals surface area contributed by atoms with E-state index >= 15 is 0 Å². The van der Waals surface area contributed by atoms with Crippen LogP contribution in [0.2, 0.25) is 0 Å². The Hall–Kier alpha value is -1.50. The predicted molar refractivity (Wildman–Crippen MR) is 97.4 cm³/mol. The highest BCUT2D eigenvalue weighted by atomic mass is 32.1. The third-order valence-corrected chi connectivity index (χ3v) is 6.24. The van der Waals surface area contributed by atoms with Gasteiger partial charge in [0.15, 0.2) is 5.82 Å². The summed E-state index contributed by atoms with van der Waals surface area (Å²) in [6.45, 7) is 6.08. The summed E-state index contributed by atoms with van der Waals surface area (Å²) in [6.07, 6.45) is 1.97. The minimum absolute atomic E-state index is 0.306. The third-order valence-electron chi connectivity index (χ3n) is 4.32. The Bertz CT molecular complexity index is 791. The van der Waals surface area contributed by atoms with Gasteiger partial charge in [-0.2, -0.15) is 4.98 Å². The van der Waals surface area contributed by atoms with E-state index in [1.807, 2.05) is 22.7 Å². The molecule has 0 aliphatic carbocycles. The second-order valence-corrected chi connectivity index (χ2v) is 8.62. The average molecular weight is 360 g/mol. The first-order valence-electron chi connectivity index (χ1n) is 8.36. The first-order valence-corrected chi connectivity index (χ1v) is 10.1. The van der Waals surface area contributed by atoms with Gasteiger partial charge >= 0.3 is 0 Å². The van der Waals surface area contributed by atoms with E-state index in [2.05, 4.69) is 57.8 Å². The number of aromatic nitrogens is 2. The van der Waals surface area contributed by atoms with E-state index in [-0.39, 0.29) is 0 Å². The molecule has 4 nitrogen and oxygen atoms in total. The van der Waals surface area contributed by atoms with Crippen molar-refractivity contribution in [3.8, 4) is 0 Å². The molecule has 3 aromatic rings. The van der Waals surface area contributed by atoms with Gasteiger partial charge in [0, 0.05) is 22.7 Å². The van der Waals surface area contributed by atoms with Gasteiger partial charge in [-0.3, -0.25) is 4.90 Å². The molecule has 0 amide bonds. The third kappa shape index (κ3) is 3.18. The van der Waals surface area contributed by atoms with Gasteiger partial charge in [-0.05, 0) is 40.8 Å². The minimum Gasteiger partial charge on any atom is -0.338 e. The molecular formula is C18H21N3OS2. The molecule has 0 fully saturated rings. The maximum atomic E-state index is 5.51. The van der Waals surface area contributed by atoms with Crippen molar-refractivity contribution in [1.82, 2.24) is 15.0 Å². The molecule has 126 valence electrons. The second-order valence-electron chi connectivity index (χ2n) is 6.64. The maximum absolute atomic E-state index is 5.51. The van der Waals surface area contributed by atoms with Crippen molar-refractivity contribution in [3.05, 3.63) is 56.0 Å². The standard InChI is InChI=1S/C18H21N3OS2/c1-12(2)10-16-19-17(22-20-16)11-21-7-5-14-13(6-9-24-14)18(21)15-4-3-8-23-15/h3-4,6,8-9,12,18H,5,7,10-11H2,1-2H3. The van der Waals surface area contributed by atoms with Crippen molar-refractivity contribution in [2.45, 2.75) is 39.3 Å². The number of thiophene rings is 2. The average Bonchev–Trinajstić information content (AvgIpc) is 3.27. The van der Waals surface area contributed by atoms with E-state index in [0.717, 1.165) is 31.1 Å². The monoisotopic (exact) mass is 359 g/mol. The van der Waals surface area contributed by atoms with Gasteiger partial charge in [-0.1, -0.05) is 25.1 Å². The number of rotatable bonds is 5. The lowest BCUT2D eigenvalue weighted by atomic mass is 9.98. The van der Waals surface area contributed by atoms with Gasteiger partial charge in [0.2, 0.25) is 5.89 Å². The number of fused-ring (bicyclic) bond motifs is 1. The zero-order valence-corrected chi connectivity index (χ0v) is 15.6. The Morgan fingerprint density at radius 2 is 2.21 bits per heavy atom. The van der Waals surface area contributed by atoms with E-state index in [0.29, 0.717) is 18.5 Å². The molecule has 1 aliphatic heterocycles. The minimum atomic E-state index is 0.306. The lowest BCUT2D eigenvalue weighted by Crippen LogP contribution is -2.34. The highest BCUT2D eigenvalue weighted by Crippen LogP contribution is 2.39. The van der Waals surface area contributed by atoms with Gasteiger partial charge in [-0.25, -0.2) is 0 Å². The van der Waals surface area contributed by atoms with E-state index in [1.165, 1.54) is 15.3 Å². The molecule has 1 atom stereocenters. The van der Waals surface area contributed by atoms with Gasteiger partial charge in [-0.15, -0.1) is 22.7 Å². The molecule has 0 spiro atoms. The van der Waals surface area contributed by atoms with E-state index in [1.54, 1.807) is 0 Å². The van der Waals surface area contributed by atoms with Crippen molar-refractivity contribution >= 4 is 22.7 Å². The summed E-state index contributed by atoms with van der Waals surface area (Å²) < 4.78 is 5.51. The Morgan fingerprint density at radius 3 is 3.00 bits per heavy atom. The SMILES string of the molecule is CC(C)Cc1noc(CN2CCc3sccc3C2c2cccs2)n1. The molecule has 6 heteroatoms. The Morgan fingerprint density at radius 1 is 1.29 bits per heavy atom. The van der Waals surface area contributed by atoms with Crippen molar-refractivity contribution in [3.63, 3.8) is 0 Å². The van der Waals surface area contributed by atoms with Gasteiger partial charge in [0.05, 0.1) is 12.6 Å². The predicted octanol–water partition coefficient (Wildman–Crippen LogP) is 4.54. The number of nitrogens with zero attached hydrogens (tertiary/aromatic N) is 3. The summed E-state index contributed by atoms with van der Waals surface area (Å²) in [7, 11) is 0. The fourth-order valence-corrected chi connectivity index (χ4v) is 5.08. The summed E-state index contributed by atoms with van der Waals surface area (Å²) >= 11 is 3.69. The first-order chi connectivity index (χ1) is 11.7. The van der Waals surface area contributed by atoms with Crippen LogP contribution >= 0.6 is 22.7 Å². The molecule has 4 rings (SSSR count). The quantitative estimate of drug-likeness (QED) is 0.671. The first kappa shape index (κ1) is 16.0. The zero-order chi connectivity index (χ0) is 16.5. The van der Waals surface area contributed by atoms with Crippen molar-refractivity contribution in [2.24, 2.45) is 5.92 Å². The van der Waals surface area contributed by atoms with Crippen LogP contribution in [-0.4, -0.2) is 21.6 Å². The van der Waals surface area contributed by atoms with E-state index in [4.69, 9.17) is 4.52 Å². The van der Waals surface area contributed by atoms with Crippen molar-refractivity contribution < 1.29 is 4.52 Å². The molecular weight excluding hydrogens is 338 g/mol. The van der Waals surface area contributed by atoms with Gasteiger partial charge in [0.25, 0.3) is 0 Å². The molecule has 24 heavy (non-hydrogen) atoms. The second kappa shape index (κ2) is 6.78. The molecule has 1 aliphatic rings. The van der Waals surface area contributed by atoms with E-state index < -0.39 is 0 Å². The van der Waals surface area contributed by atoms with Crippen LogP contribution in [0.4, 0.5) is 0 Å². The molecule has 0 radical (unpaired) electrons. The summed E-state index contributed by atoms with van der Waals surface area (Å²) in [4.78, 5) is 9.95. The molecule has 1 unspecified atom stereocenters. The van der Waals surface area contributed by atoms with E-state index in [9.17, 15) is 0 Å². The summed E-state index contributed by atoms with van der Waals surface area (Å²) in [5, 5.41) is 8.50. The van der Waals surface area contributed by atoms with Crippen LogP contribution in [0.1, 0.15) is 46.9 Å². The highest BCUT2D eigenvalue weighted by Gasteiger charge is 2.31. The molecule has 0 bridgehead atoms. The van der Waals surface area contributed by atoms with Crippen LogP contribution in [0, 0.1) is 5.92 Å². The highest BCUT2D eigenvalue weighted by molar-refractivity contribution is 7.10.